The Hall–Kier alpha value is -2.79. The van der Waals surface area contributed by atoms with Crippen LogP contribution in [0.5, 0.6) is 0 Å². The number of pyridine rings is 1. The second kappa shape index (κ2) is 10.5. The fraction of sp³-hybridized carbons (Fsp3) is 0.385. The minimum atomic E-state index is -0.295. The molecular weight excluding hydrogens is 389 g/mol. The van der Waals surface area contributed by atoms with Gasteiger partial charge in [0.1, 0.15) is 5.82 Å². The normalized spacial score (nSPS) is 12.3. The van der Waals surface area contributed by atoms with E-state index in [1.807, 2.05) is 31.2 Å². The molecule has 0 spiro atoms. The van der Waals surface area contributed by atoms with Crippen LogP contribution in [0.15, 0.2) is 48.5 Å². The van der Waals surface area contributed by atoms with Crippen LogP contribution < -0.4 is 5.32 Å². The molecule has 0 unspecified atom stereocenters. The molecule has 2 aromatic carbocycles. The van der Waals surface area contributed by atoms with Crippen LogP contribution in [0.1, 0.15) is 49.5 Å². The Kier molecular flexibility index (Phi) is 7.75. The minimum absolute atomic E-state index is 0.0744. The predicted molar refractivity (Wildman–Crippen MR) is 126 cm³/mol. The van der Waals surface area contributed by atoms with Crippen molar-refractivity contribution < 1.29 is 9.18 Å². The molecule has 1 atom stereocenters. The molecule has 0 saturated heterocycles. The number of aryl methyl sites for hydroxylation is 1. The summed E-state index contributed by atoms with van der Waals surface area (Å²) in [5, 5.41) is 3.99. The summed E-state index contributed by atoms with van der Waals surface area (Å²) in [6.45, 7) is 11.5. The van der Waals surface area contributed by atoms with Crippen molar-refractivity contribution in [2.75, 3.05) is 19.6 Å². The molecule has 1 N–H and O–H groups in total. The van der Waals surface area contributed by atoms with E-state index in [0.29, 0.717) is 11.3 Å². The molecule has 5 heteroatoms. The summed E-state index contributed by atoms with van der Waals surface area (Å²) in [4.78, 5) is 20.3. The predicted octanol–water partition coefficient (Wildman–Crippen LogP) is 5.59. The van der Waals surface area contributed by atoms with Crippen molar-refractivity contribution in [2.24, 2.45) is 0 Å². The molecule has 31 heavy (non-hydrogen) atoms. The van der Waals surface area contributed by atoms with E-state index in [2.05, 4.69) is 31.0 Å². The van der Waals surface area contributed by atoms with Gasteiger partial charge in [-0.15, -0.1) is 0 Å². The second-order valence-electron chi connectivity index (χ2n) is 8.13. The summed E-state index contributed by atoms with van der Waals surface area (Å²) in [5.41, 5.74) is 3.88. The van der Waals surface area contributed by atoms with Crippen molar-refractivity contribution in [1.29, 1.82) is 0 Å². The average Bonchev–Trinajstić information content (AvgIpc) is 2.76. The van der Waals surface area contributed by atoms with Crippen LogP contribution in [-0.2, 0) is 0 Å². The zero-order valence-electron chi connectivity index (χ0n) is 18.9. The highest BCUT2D eigenvalue weighted by molar-refractivity contribution is 6.07. The number of nitrogens with zero attached hydrogens (tertiary/aromatic N) is 2. The molecule has 0 fully saturated rings. The number of amides is 1. The van der Waals surface area contributed by atoms with E-state index in [1.165, 1.54) is 12.1 Å². The number of fused-ring (bicyclic) bond motifs is 1. The van der Waals surface area contributed by atoms with Gasteiger partial charge in [0.25, 0.3) is 5.91 Å². The average molecular weight is 422 g/mol. The highest BCUT2D eigenvalue weighted by Crippen LogP contribution is 2.26. The molecule has 0 saturated carbocycles. The Morgan fingerprint density at radius 1 is 1.10 bits per heavy atom. The summed E-state index contributed by atoms with van der Waals surface area (Å²) >= 11 is 0. The van der Waals surface area contributed by atoms with E-state index in [-0.39, 0.29) is 17.8 Å². The largest absolute Gasteiger partial charge is 0.350 e. The maximum Gasteiger partial charge on any atom is 0.252 e. The maximum absolute atomic E-state index is 13.4. The molecule has 164 valence electrons. The molecule has 3 rings (SSSR count). The second-order valence-corrected chi connectivity index (χ2v) is 8.13. The third-order valence-electron chi connectivity index (χ3n) is 5.73. The first-order valence-electron chi connectivity index (χ1n) is 11.1. The third kappa shape index (κ3) is 5.88. The Labute approximate surface area is 184 Å². The Morgan fingerprint density at radius 2 is 1.81 bits per heavy atom. The highest BCUT2D eigenvalue weighted by Gasteiger charge is 2.16. The Morgan fingerprint density at radius 3 is 2.48 bits per heavy atom. The van der Waals surface area contributed by atoms with E-state index in [0.717, 1.165) is 54.5 Å². The summed E-state index contributed by atoms with van der Waals surface area (Å²) in [6.07, 6.45) is 1.97. The number of benzene rings is 2. The fourth-order valence-corrected chi connectivity index (χ4v) is 3.83. The lowest BCUT2D eigenvalue weighted by molar-refractivity contribution is 0.0939. The van der Waals surface area contributed by atoms with Crippen LogP contribution in [0.3, 0.4) is 0 Å². The SMILES string of the molecule is CCN(CC)CCC[C@@H](C)NC(=O)c1cc(-c2ccc(F)cc2)nc2ccc(C)cc12. The molecular formula is C26H32FN3O. The summed E-state index contributed by atoms with van der Waals surface area (Å²) < 4.78 is 13.4. The maximum atomic E-state index is 13.4. The van der Waals surface area contributed by atoms with Gasteiger partial charge < -0.3 is 10.2 Å². The molecule has 0 radical (unpaired) electrons. The molecule has 1 heterocycles. The zero-order valence-corrected chi connectivity index (χ0v) is 18.9. The van der Waals surface area contributed by atoms with Crippen molar-refractivity contribution in [2.45, 2.75) is 46.6 Å². The quantitative estimate of drug-likeness (QED) is 0.490. The fourth-order valence-electron chi connectivity index (χ4n) is 3.83. The Balaban J connectivity index is 1.84. The van der Waals surface area contributed by atoms with Gasteiger partial charge in [-0.1, -0.05) is 25.5 Å². The third-order valence-corrected chi connectivity index (χ3v) is 5.73. The van der Waals surface area contributed by atoms with Gasteiger partial charge >= 0.3 is 0 Å². The molecule has 0 aliphatic heterocycles. The molecule has 0 aliphatic carbocycles. The first kappa shape index (κ1) is 22.9. The van der Waals surface area contributed by atoms with Crippen LogP contribution in [0.2, 0.25) is 0 Å². The summed E-state index contributed by atoms with van der Waals surface area (Å²) in [7, 11) is 0. The smallest absolute Gasteiger partial charge is 0.252 e. The van der Waals surface area contributed by atoms with E-state index >= 15 is 0 Å². The number of aromatic nitrogens is 1. The van der Waals surface area contributed by atoms with E-state index in [9.17, 15) is 9.18 Å². The van der Waals surface area contributed by atoms with Crippen molar-refractivity contribution in [3.05, 3.63) is 65.5 Å². The highest BCUT2D eigenvalue weighted by atomic mass is 19.1. The van der Waals surface area contributed by atoms with Crippen LogP contribution in [0.4, 0.5) is 4.39 Å². The van der Waals surface area contributed by atoms with Gasteiger partial charge in [0.2, 0.25) is 0 Å². The summed E-state index contributed by atoms with van der Waals surface area (Å²) in [6, 6.07) is 14.0. The van der Waals surface area contributed by atoms with E-state index in [4.69, 9.17) is 4.98 Å². The molecule has 3 aromatic rings. The lowest BCUT2D eigenvalue weighted by atomic mass is 10.0. The van der Waals surface area contributed by atoms with Crippen molar-refractivity contribution in [1.82, 2.24) is 15.2 Å². The molecule has 4 nitrogen and oxygen atoms in total. The standard InChI is InChI=1S/C26H32FN3O/c1-5-30(6-2)15-7-8-19(4)28-26(31)23-17-25(20-10-12-21(27)13-11-20)29-24-14-9-18(3)16-22(23)24/h9-14,16-17,19H,5-8,15H2,1-4H3,(H,28,31)/t19-/m1/s1. The lowest BCUT2D eigenvalue weighted by Crippen LogP contribution is -2.34. The van der Waals surface area contributed by atoms with Gasteiger partial charge in [-0.05, 0) is 88.8 Å². The molecule has 0 bridgehead atoms. The summed E-state index contributed by atoms with van der Waals surface area (Å²) in [5.74, 6) is -0.395. The van der Waals surface area contributed by atoms with Gasteiger partial charge in [-0.25, -0.2) is 9.37 Å². The number of halogens is 1. The Bertz CT molecular complexity index is 1030. The first-order valence-corrected chi connectivity index (χ1v) is 11.1. The minimum Gasteiger partial charge on any atom is -0.350 e. The van der Waals surface area contributed by atoms with Crippen LogP contribution in [0, 0.1) is 12.7 Å². The zero-order chi connectivity index (χ0) is 22.4. The van der Waals surface area contributed by atoms with Crippen molar-refractivity contribution in [3.63, 3.8) is 0 Å². The van der Waals surface area contributed by atoms with Gasteiger partial charge in [0.05, 0.1) is 16.8 Å². The monoisotopic (exact) mass is 421 g/mol. The molecule has 1 aromatic heterocycles. The van der Waals surface area contributed by atoms with Crippen LogP contribution >= 0.6 is 0 Å². The van der Waals surface area contributed by atoms with Crippen molar-refractivity contribution in [3.8, 4) is 11.3 Å². The van der Waals surface area contributed by atoms with E-state index in [1.54, 1.807) is 12.1 Å². The first-order chi connectivity index (χ1) is 14.9. The number of rotatable bonds is 9. The number of nitrogens with one attached hydrogen (secondary N) is 1. The number of hydrogen-bond acceptors (Lipinski definition) is 3. The number of carbonyl (C=O) groups excluding carboxylic acids is 1. The molecule has 0 aliphatic rings. The van der Waals surface area contributed by atoms with Crippen LogP contribution in [0.25, 0.3) is 22.2 Å². The van der Waals surface area contributed by atoms with Gasteiger partial charge in [0, 0.05) is 17.0 Å². The number of carbonyl (C=O) groups is 1. The van der Waals surface area contributed by atoms with E-state index < -0.39 is 0 Å². The van der Waals surface area contributed by atoms with Gasteiger partial charge in [-0.2, -0.15) is 0 Å². The van der Waals surface area contributed by atoms with Gasteiger partial charge in [0.15, 0.2) is 0 Å². The number of hydrogen-bond donors (Lipinski definition) is 1. The van der Waals surface area contributed by atoms with Crippen molar-refractivity contribution >= 4 is 16.8 Å². The topological polar surface area (TPSA) is 45.2 Å². The molecule has 1 amide bonds. The van der Waals surface area contributed by atoms with Gasteiger partial charge in [-0.3, -0.25) is 4.79 Å². The van der Waals surface area contributed by atoms with Crippen LogP contribution in [-0.4, -0.2) is 41.5 Å². The lowest BCUT2D eigenvalue weighted by Gasteiger charge is -2.20.